The molecule has 0 atom stereocenters. The zero-order valence-corrected chi connectivity index (χ0v) is 9.98. The molecule has 18 heavy (non-hydrogen) atoms. The molecular formula is C14H14N2O2. The molecule has 1 aromatic carbocycles. The van der Waals surface area contributed by atoms with Gasteiger partial charge in [0.2, 0.25) is 5.91 Å². The SMILES string of the molecule is O=C(C1=C2NCCN2C(=O)CC1)c1ccccc1. The standard InChI is InChI=1S/C14H14N2O2/c17-12-7-6-11(14-15-8-9-16(12)14)13(18)10-4-2-1-3-5-10/h1-5,15H,6-9H2. The number of allylic oxidation sites excluding steroid dienone is 1. The minimum atomic E-state index is 0.0255. The Labute approximate surface area is 105 Å². The fraction of sp³-hybridized carbons (Fsp3) is 0.286. The Bertz CT molecular complexity index is 534. The quantitative estimate of drug-likeness (QED) is 0.795. The Hall–Kier alpha value is -2.10. The van der Waals surface area contributed by atoms with Crippen LogP contribution in [0.25, 0.3) is 0 Å². The van der Waals surface area contributed by atoms with E-state index in [-0.39, 0.29) is 11.7 Å². The molecule has 0 saturated carbocycles. The van der Waals surface area contributed by atoms with Crippen LogP contribution in [0.4, 0.5) is 0 Å². The van der Waals surface area contributed by atoms with Gasteiger partial charge in [-0.05, 0) is 6.42 Å². The summed E-state index contributed by atoms with van der Waals surface area (Å²) in [5, 5.41) is 3.15. The minimum absolute atomic E-state index is 0.0255. The van der Waals surface area contributed by atoms with Crippen LogP contribution in [0.5, 0.6) is 0 Å². The molecule has 1 fully saturated rings. The lowest BCUT2D eigenvalue weighted by atomic mass is 9.96. The number of ketones is 1. The van der Waals surface area contributed by atoms with Crippen molar-refractivity contribution in [3.63, 3.8) is 0 Å². The van der Waals surface area contributed by atoms with Gasteiger partial charge >= 0.3 is 0 Å². The summed E-state index contributed by atoms with van der Waals surface area (Å²) in [7, 11) is 0. The smallest absolute Gasteiger partial charge is 0.228 e. The molecule has 0 unspecified atom stereocenters. The first-order valence-electron chi connectivity index (χ1n) is 6.14. The van der Waals surface area contributed by atoms with E-state index in [1.54, 1.807) is 4.90 Å². The Balaban J connectivity index is 1.99. The van der Waals surface area contributed by atoms with Gasteiger partial charge in [-0.1, -0.05) is 30.3 Å². The molecule has 0 bridgehead atoms. The van der Waals surface area contributed by atoms with Gasteiger partial charge in [-0.25, -0.2) is 0 Å². The average molecular weight is 242 g/mol. The van der Waals surface area contributed by atoms with Gasteiger partial charge < -0.3 is 5.32 Å². The largest absolute Gasteiger partial charge is 0.369 e. The monoisotopic (exact) mass is 242 g/mol. The summed E-state index contributed by atoms with van der Waals surface area (Å²) in [4.78, 5) is 25.8. The molecule has 1 aromatic rings. The molecule has 1 N–H and O–H groups in total. The second-order valence-corrected chi connectivity index (χ2v) is 4.49. The number of Topliss-reactive ketones (excluding diaryl/α,β-unsaturated/α-hetero) is 1. The van der Waals surface area contributed by atoms with E-state index in [0.717, 1.165) is 17.9 Å². The van der Waals surface area contributed by atoms with Crippen molar-refractivity contribution in [3.05, 3.63) is 47.3 Å². The van der Waals surface area contributed by atoms with Crippen molar-refractivity contribution < 1.29 is 9.59 Å². The van der Waals surface area contributed by atoms with Crippen molar-refractivity contribution in [2.75, 3.05) is 13.1 Å². The lowest BCUT2D eigenvalue weighted by molar-refractivity contribution is -0.129. The molecule has 0 aromatic heterocycles. The van der Waals surface area contributed by atoms with Gasteiger partial charge in [0, 0.05) is 30.6 Å². The number of carbonyl (C=O) groups excluding carboxylic acids is 2. The predicted octanol–water partition coefficient (Wildman–Crippen LogP) is 1.31. The molecular weight excluding hydrogens is 228 g/mol. The van der Waals surface area contributed by atoms with Crippen molar-refractivity contribution in [3.8, 4) is 0 Å². The van der Waals surface area contributed by atoms with Gasteiger partial charge in [-0.3, -0.25) is 14.5 Å². The maximum atomic E-state index is 12.4. The topological polar surface area (TPSA) is 49.4 Å². The average Bonchev–Trinajstić information content (AvgIpc) is 2.90. The molecule has 0 aliphatic carbocycles. The van der Waals surface area contributed by atoms with Crippen LogP contribution >= 0.6 is 0 Å². The van der Waals surface area contributed by atoms with Crippen molar-refractivity contribution >= 4 is 11.7 Å². The van der Waals surface area contributed by atoms with Gasteiger partial charge in [0.25, 0.3) is 0 Å². The molecule has 4 nitrogen and oxygen atoms in total. The number of rotatable bonds is 2. The maximum absolute atomic E-state index is 12.4. The van der Waals surface area contributed by atoms with Crippen LogP contribution in [0, 0.1) is 0 Å². The van der Waals surface area contributed by atoms with Crippen LogP contribution in [-0.2, 0) is 4.79 Å². The Kier molecular flexibility index (Phi) is 2.63. The number of benzene rings is 1. The highest BCUT2D eigenvalue weighted by Gasteiger charge is 2.33. The van der Waals surface area contributed by atoms with Crippen LogP contribution in [0.15, 0.2) is 41.7 Å². The van der Waals surface area contributed by atoms with Crippen LogP contribution in [-0.4, -0.2) is 29.7 Å². The molecule has 0 spiro atoms. The molecule has 2 heterocycles. The van der Waals surface area contributed by atoms with Crippen LogP contribution in [0.1, 0.15) is 23.2 Å². The molecule has 2 aliphatic rings. The van der Waals surface area contributed by atoms with E-state index in [0.29, 0.717) is 24.9 Å². The predicted molar refractivity (Wildman–Crippen MR) is 66.7 cm³/mol. The number of hydrogen-bond donors (Lipinski definition) is 1. The van der Waals surface area contributed by atoms with Crippen molar-refractivity contribution in [2.24, 2.45) is 0 Å². The lowest BCUT2D eigenvalue weighted by Crippen LogP contribution is -2.34. The van der Waals surface area contributed by atoms with E-state index in [9.17, 15) is 9.59 Å². The van der Waals surface area contributed by atoms with E-state index in [1.807, 2.05) is 30.3 Å². The normalized spacial score (nSPS) is 18.7. The van der Waals surface area contributed by atoms with Crippen LogP contribution in [0.2, 0.25) is 0 Å². The molecule has 3 rings (SSSR count). The number of nitrogens with one attached hydrogen (secondary N) is 1. The number of amides is 1. The third-order valence-corrected chi connectivity index (χ3v) is 3.38. The highest BCUT2D eigenvalue weighted by Crippen LogP contribution is 2.26. The van der Waals surface area contributed by atoms with Crippen molar-refractivity contribution in [1.82, 2.24) is 10.2 Å². The first-order valence-corrected chi connectivity index (χ1v) is 6.14. The summed E-state index contributed by atoms with van der Waals surface area (Å²) in [6.45, 7) is 1.40. The summed E-state index contributed by atoms with van der Waals surface area (Å²) in [5.74, 6) is 0.859. The zero-order valence-electron chi connectivity index (χ0n) is 9.98. The molecule has 0 radical (unpaired) electrons. The van der Waals surface area contributed by atoms with Crippen LogP contribution in [0.3, 0.4) is 0 Å². The van der Waals surface area contributed by atoms with E-state index in [4.69, 9.17) is 0 Å². The summed E-state index contributed by atoms with van der Waals surface area (Å²) in [6.07, 6.45) is 0.963. The summed E-state index contributed by atoms with van der Waals surface area (Å²) in [5.41, 5.74) is 1.42. The van der Waals surface area contributed by atoms with Gasteiger partial charge in [0.1, 0.15) is 5.82 Å². The Morgan fingerprint density at radius 3 is 2.72 bits per heavy atom. The Morgan fingerprint density at radius 2 is 1.94 bits per heavy atom. The zero-order chi connectivity index (χ0) is 12.5. The highest BCUT2D eigenvalue weighted by atomic mass is 16.2. The summed E-state index contributed by atoms with van der Waals surface area (Å²) in [6, 6.07) is 9.22. The van der Waals surface area contributed by atoms with E-state index < -0.39 is 0 Å². The molecule has 1 amide bonds. The fourth-order valence-electron chi connectivity index (χ4n) is 2.48. The van der Waals surface area contributed by atoms with Gasteiger partial charge in [0.15, 0.2) is 5.78 Å². The number of carbonyl (C=O) groups is 2. The molecule has 92 valence electrons. The second kappa shape index (κ2) is 4.29. The summed E-state index contributed by atoms with van der Waals surface area (Å²) < 4.78 is 0. The molecule has 4 heteroatoms. The number of fused-ring (bicyclic) bond motifs is 1. The summed E-state index contributed by atoms with van der Waals surface area (Å²) >= 11 is 0. The van der Waals surface area contributed by atoms with E-state index >= 15 is 0 Å². The second-order valence-electron chi connectivity index (χ2n) is 4.49. The van der Waals surface area contributed by atoms with Crippen LogP contribution < -0.4 is 5.32 Å². The van der Waals surface area contributed by atoms with Gasteiger partial charge in [-0.2, -0.15) is 0 Å². The fourth-order valence-corrected chi connectivity index (χ4v) is 2.48. The highest BCUT2D eigenvalue weighted by molar-refractivity contribution is 6.10. The minimum Gasteiger partial charge on any atom is -0.369 e. The first-order chi connectivity index (χ1) is 8.77. The first kappa shape index (κ1) is 11.0. The third-order valence-electron chi connectivity index (χ3n) is 3.38. The lowest BCUT2D eigenvalue weighted by Gasteiger charge is -2.25. The van der Waals surface area contributed by atoms with Gasteiger partial charge in [-0.15, -0.1) is 0 Å². The van der Waals surface area contributed by atoms with E-state index in [2.05, 4.69) is 5.32 Å². The van der Waals surface area contributed by atoms with Crippen molar-refractivity contribution in [1.29, 1.82) is 0 Å². The van der Waals surface area contributed by atoms with Gasteiger partial charge in [0.05, 0.1) is 0 Å². The number of nitrogens with zero attached hydrogens (tertiary/aromatic N) is 1. The third kappa shape index (κ3) is 1.70. The Morgan fingerprint density at radius 1 is 1.17 bits per heavy atom. The van der Waals surface area contributed by atoms with E-state index in [1.165, 1.54) is 0 Å². The number of hydrogen-bond acceptors (Lipinski definition) is 3. The molecule has 1 saturated heterocycles. The molecule has 2 aliphatic heterocycles. The maximum Gasteiger partial charge on any atom is 0.228 e. The van der Waals surface area contributed by atoms with Crippen molar-refractivity contribution in [2.45, 2.75) is 12.8 Å².